The van der Waals surface area contributed by atoms with Gasteiger partial charge in [-0.15, -0.1) is 0 Å². The Balaban J connectivity index is 1.33. The van der Waals surface area contributed by atoms with Crippen LogP contribution in [0.5, 0.6) is 5.75 Å². The number of hydrogen-bond acceptors (Lipinski definition) is 2. The average molecular weight is 455 g/mol. The molecule has 3 aliphatic carbocycles. The standard InChI is InChI=1S/C31H50O2/c1-4-11-22(2)12-9-7-5-6-8-10-13-24-21-31(3)28(18-19-29(31)33)27-16-14-23-20-25(32)15-17-26(23)30(24)27/h15,17,20,22,24,27-30,32-33H,4-14,16,18-19,21H2,1-3H3/t22?,24-,27?,28?,29-,30?,31-/m0/s1. The van der Waals surface area contributed by atoms with Crippen LogP contribution in [0.25, 0.3) is 0 Å². The molecule has 0 radical (unpaired) electrons. The lowest BCUT2D eigenvalue weighted by Crippen LogP contribution is -2.47. The van der Waals surface area contributed by atoms with Gasteiger partial charge >= 0.3 is 0 Å². The zero-order valence-electron chi connectivity index (χ0n) is 21.7. The number of phenolic OH excluding ortho intramolecular Hbond substituents is 1. The predicted molar refractivity (Wildman–Crippen MR) is 139 cm³/mol. The lowest BCUT2D eigenvalue weighted by Gasteiger charge is -2.54. The molecule has 0 amide bonds. The minimum absolute atomic E-state index is 0.109. The van der Waals surface area contributed by atoms with E-state index >= 15 is 0 Å². The van der Waals surface area contributed by atoms with Crippen LogP contribution >= 0.6 is 0 Å². The van der Waals surface area contributed by atoms with Crippen LogP contribution in [0, 0.1) is 29.1 Å². The lowest BCUT2D eigenvalue weighted by atomic mass is 9.51. The largest absolute Gasteiger partial charge is 0.508 e. The molecule has 1 aromatic carbocycles. The highest BCUT2D eigenvalue weighted by atomic mass is 16.3. The van der Waals surface area contributed by atoms with Crippen molar-refractivity contribution in [2.24, 2.45) is 29.1 Å². The van der Waals surface area contributed by atoms with Gasteiger partial charge < -0.3 is 10.2 Å². The maximum Gasteiger partial charge on any atom is 0.115 e. The van der Waals surface area contributed by atoms with Crippen molar-refractivity contribution < 1.29 is 10.2 Å². The van der Waals surface area contributed by atoms with Crippen LogP contribution in [0.2, 0.25) is 0 Å². The fourth-order valence-electron chi connectivity index (χ4n) is 8.37. The summed E-state index contributed by atoms with van der Waals surface area (Å²) in [6, 6.07) is 6.18. The van der Waals surface area contributed by atoms with E-state index in [0.29, 0.717) is 29.4 Å². The van der Waals surface area contributed by atoms with Gasteiger partial charge in [-0.2, -0.15) is 0 Å². The topological polar surface area (TPSA) is 40.5 Å². The summed E-state index contributed by atoms with van der Waals surface area (Å²) < 4.78 is 0. The third-order valence-corrected chi connectivity index (χ3v) is 10.1. The maximum atomic E-state index is 11.0. The van der Waals surface area contributed by atoms with Crippen LogP contribution < -0.4 is 0 Å². The Bertz CT molecular complexity index is 757. The molecule has 186 valence electrons. The SMILES string of the molecule is CCCC(C)CCCCCCCC[C@H]1C[C@@]2(C)C(CC[C@@H]2O)C2CCc3cc(O)ccc3C21. The van der Waals surface area contributed by atoms with E-state index in [4.69, 9.17) is 0 Å². The van der Waals surface area contributed by atoms with E-state index in [1.165, 1.54) is 94.6 Å². The van der Waals surface area contributed by atoms with E-state index in [2.05, 4.69) is 26.8 Å². The number of aromatic hydroxyl groups is 1. The van der Waals surface area contributed by atoms with Crippen molar-refractivity contribution >= 4 is 0 Å². The van der Waals surface area contributed by atoms with E-state index < -0.39 is 0 Å². The molecule has 0 saturated heterocycles. The summed E-state index contributed by atoms with van der Waals surface area (Å²) in [6.45, 7) is 7.12. The van der Waals surface area contributed by atoms with E-state index in [0.717, 1.165) is 18.8 Å². The van der Waals surface area contributed by atoms with Gasteiger partial charge in [0.1, 0.15) is 5.75 Å². The number of unbranched alkanes of at least 4 members (excludes halogenated alkanes) is 5. The molecule has 0 aromatic heterocycles. The Morgan fingerprint density at radius 1 is 1.00 bits per heavy atom. The maximum absolute atomic E-state index is 11.0. The van der Waals surface area contributed by atoms with Gasteiger partial charge in [0.2, 0.25) is 0 Å². The molecule has 7 atom stereocenters. The van der Waals surface area contributed by atoms with Crippen LogP contribution in [0.4, 0.5) is 0 Å². The highest BCUT2D eigenvalue weighted by molar-refractivity contribution is 5.40. The van der Waals surface area contributed by atoms with Gasteiger partial charge in [0.25, 0.3) is 0 Å². The fourth-order valence-corrected chi connectivity index (χ4v) is 8.37. The van der Waals surface area contributed by atoms with Crippen molar-refractivity contribution in [3.63, 3.8) is 0 Å². The molecule has 0 bridgehead atoms. The van der Waals surface area contributed by atoms with Crippen molar-refractivity contribution in [1.82, 2.24) is 0 Å². The molecule has 0 spiro atoms. The van der Waals surface area contributed by atoms with Gasteiger partial charge in [-0.3, -0.25) is 0 Å². The molecular weight excluding hydrogens is 404 g/mol. The molecule has 2 heteroatoms. The molecule has 1 aromatic rings. The van der Waals surface area contributed by atoms with E-state index in [9.17, 15) is 10.2 Å². The number of rotatable bonds is 11. The Morgan fingerprint density at radius 3 is 2.55 bits per heavy atom. The number of phenols is 1. The second-order valence-electron chi connectivity index (χ2n) is 12.4. The van der Waals surface area contributed by atoms with Crippen LogP contribution in [0.3, 0.4) is 0 Å². The van der Waals surface area contributed by atoms with Crippen molar-refractivity contribution in [3.05, 3.63) is 29.3 Å². The summed E-state index contributed by atoms with van der Waals surface area (Å²) in [5.41, 5.74) is 3.04. The first-order valence-electron chi connectivity index (χ1n) is 14.4. The monoisotopic (exact) mass is 454 g/mol. The van der Waals surface area contributed by atoms with Gasteiger partial charge in [-0.1, -0.05) is 84.6 Å². The third-order valence-electron chi connectivity index (χ3n) is 10.1. The van der Waals surface area contributed by atoms with Gasteiger partial charge in [0, 0.05) is 0 Å². The predicted octanol–water partition coefficient (Wildman–Crippen LogP) is 8.39. The molecule has 2 saturated carbocycles. The molecule has 3 aliphatic rings. The molecule has 2 N–H and O–H groups in total. The molecule has 33 heavy (non-hydrogen) atoms. The quantitative estimate of drug-likeness (QED) is 0.330. The summed E-state index contributed by atoms with van der Waals surface area (Å²) in [7, 11) is 0. The van der Waals surface area contributed by atoms with Gasteiger partial charge in [0.15, 0.2) is 0 Å². The summed E-state index contributed by atoms with van der Waals surface area (Å²) in [5, 5.41) is 21.0. The smallest absolute Gasteiger partial charge is 0.115 e. The fraction of sp³-hybridized carbons (Fsp3) is 0.806. The molecule has 2 fully saturated rings. The Labute approximate surface area is 203 Å². The molecule has 0 heterocycles. The van der Waals surface area contributed by atoms with Gasteiger partial charge in [0.05, 0.1) is 6.10 Å². The second kappa shape index (κ2) is 11.1. The Hall–Kier alpha value is -1.02. The van der Waals surface area contributed by atoms with Gasteiger partial charge in [-0.05, 0) is 96.8 Å². The molecular formula is C31H50O2. The highest BCUT2D eigenvalue weighted by Gasteiger charge is 2.57. The summed E-state index contributed by atoms with van der Waals surface area (Å²) >= 11 is 0. The van der Waals surface area contributed by atoms with Crippen molar-refractivity contribution in [1.29, 1.82) is 0 Å². The van der Waals surface area contributed by atoms with Crippen molar-refractivity contribution in [3.8, 4) is 5.75 Å². The van der Waals surface area contributed by atoms with E-state index in [1.807, 2.05) is 12.1 Å². The van der Waals surface area contributed by atoms with Crippen LogP contribution in [-0.2, 0) is 6.42 Å². The zero-order valence-corrected chi connectivity index (χ0v) is 21.7. The first-order chi connectivity index (χ1) is 15.9. The third kappa shape index (κ3) is 5.47. The van der Waals surface area contributed by atoms with Crippen LogP contribution in [-0.4, -0.2) is 16.3 Å². The van der Waals surface area contributed by atoms with Crippen LogP contribution in [0.1, 0.15) is 128 Å². The normalized spacial score (nSPS) is 33.9. The minimum Gasteiger partial charge on any atom is -0.508 e. The molecule has 4 unspecified atom stereocenters. The average Bonchev–Trinajstić information content (AvgIpc) is 3.09. The van der Waals surface area contributed by atoms with E-state index in [1.54, 1.807) is 0 Å². The van der Waals surface area contributed by atoms with E-state index in [-0.39, 0.29) is 11.5 Å². The molecule has 4 rings (SSSR count). The number of hydrogen-bond donors (Lipinski definition) is 2. The summed E-state index contributed by atoms with van der Waals surface area (Å²) in [6.07, 6.45) is 19.4. The van der Waals surface area contributed by atoms with Gasteiger partial charge in [-0.25, -0.2) is 0 Å². The summed E-state index contributed by atoms with van der Waals surface area (Å²) in [4.78, 5) is 0. The summed E-state index contributed by atoms with van der Waals surface area (Å²) in [5.74, 6) is 4.04. The molecule has 2 nitrogen and oxygen atoms in total. The minimum atomic E-state index is -0.109. The Kier molecular flexibility index (Phi) is 8.47. The highest BCUT2D eigenvalue weighted by Crippen LogP contribution is 2.63. The lowest BCUT2D eigenvalue weighted by molar-refractivity contribution is -0.0501. The van der Waals surface area contributed by atoms with Crippen molar-refractivity contribution in [2.45, 2.75) is 129 Å². The van der Waals surface area contributed by atoms with Crippen molar-refractivity contribution in [2.75, 3.05) is 0 Å². The van der Waals surface area contributed by atoms with Crippen LogP contribution in [0.15, 0.2) is 18.2 Å². The zero-order chi connectivity index (χ0) is 23.4. The Morgan fingerprint density at radius 2 is 1.76 bits per heavy atom. The number of aryl methyl sites for hydroxylation is 1. The number of benzene rings is 1. The number of aliphatic hydroxyl groups excluding tert-OH is 1. The number of aliphatic hydroxyl groups is 1. The first-order valence-corrected chi connectivity index (χ1v) is 14.4. The molecule has 0 aliphatic heterocycles. The number of fused-ring (bicyclic) bond motifs is 5. The second-order valence-corrected chi connectivity index (χ2v) is 12.4. The first kappa shape index (κ1) is 25.1.